The summed E-state index contributed by atoms with van der Waals surface area (Å²) in [5, 5.41) is 8.75. The standard InChI is InChI=1S/C10H7F2NO2/c1-13-4-6(10(14)15)9-7(12)2-5(11)3-8(9)13/h2-4H,1H3,(H,14,15). The number of halogens is 2. The summed E-state index contributed by atoms with van der Waals surface area (Å²) in [4.78, 5) is 10.8. The van der Waals surface area contributed by atoms with Crippen molar-refractivity contribution >= 4 is 16.9 Å². The number of hydrogen-bond acceptors (Lipinski definition) is 1. The van der Waals surface area contributed by atoms with E-state index >= 15 is 0 Å². The van der Waals surface area contributed by atoms with Gasteiger partial charge in [-0.15, -0.1) is 0 Å². The van der Waals surface area contributed by atoms with Gasteiger partial charge in [-0.2, -0.15) is 0 Å². The molecule has 78 valence electrons. The molecule has 0 unspecified atom stereocenters. The maximum absolute atomic E-state index is 13.4. The predicted molar refractivity (Wildman–Crippen MR) is 49.8 cm³/mol. The molecule has 0 amide bonds. The minimum atomic E-state index is -1.23. The molecule has 1 heterocycles. The number of aromatic carboxylic acids is 1. The average molecular weight is 211 g/mol. The first-order chi connectivity index (χ1) is 7.00. The van der Waals surface area contributed by atoms with Crippen LogP contribution >= 0.6 is 0 Å². The zero-order valence-corrected chi connectivity index (χ0v) is 7.79. The smallest absolute Gasteiger partial charge is 0.337 e. The first-order valence-electron chi connectivity index (χ1n) is 4.18. The van der Waals surface area contributed by atoms with Crippen molar-refractivity contribution in [3.05, 3.63) is 35.5 Å². The third kappa shape index (κ3) is 1.36. The van der Waals surface area contributed by atoms with Crippen LogP contribution in [-0.4, -0.2) is 15.6 Å². The van der Waals surface area contributed by atoms with Gasteiger partial charge in [0.2, 0.25) is 0 Å². The van der Waals surface area contributed by atoms with E-state index in [0.717, 1.165) is 6.07 Å². The van der Waals surface area contributed by atoms with Crippen LogP contribution in [0.5, 0.6) is 0 Å². The summed E-state index contributed by atoms with van der Waals surface area (Å²) in [5.41, 5.74) is 0.0647. The zero-order chi connectivity index (χ0) is 11.2. The first kappa shape index (κ1) is 9.64. The number of benzene rings is 1. The quantitative estimate of drug-likeness (QED) is 0.785. The van der Waals surface area contributed by atoms with Gasteiger partial charge in [0.1, 0.15) is 11.6 Å². The molecule has 5 heteroatoms. The highest BCUT2D eigenvalue weighted by Gasteiger charge is 2.17. The van der Waals surface area contributed by atoms with Crippen LogP contribution in [0.25, 0.3) is 10.9 Å². The van der Waals surface area contributed by atoms with Crippen molar-refractivity contribution in [3.8, 4) is 0 Å². The molecule has 0 atom stereocenters. The summed E-state index contributed by atoms with van der Waals surface area (Å²) in [5.74, 6) is -2.81. The van der Waals surface area contributed by atoms with Crippen LogP contribution in [0.2, 0.25) is 0 Å². The Labute approximate surface area is 83.5 Å². The molecular weight excluding hydrogens is 204 g/mol. The van der Waals surface area contributed by atoms with Gasteiger partial charge in [0, 0.05) is 19.3 Å². The van der Waals surface area contributed by atoms with E-state index in [2.05, 4.69) is 0 Å². The molecule has 0 aliphatic heterocycles. The molecule has 0 saturated carbocycles. The molecule has 0 aliphatic rings. The fourth-order valence-corrected chi connectivity index (χ4v) is 1.59. The lowest BCUT2D eigenvalue weighted by Gasteiger charge is -1.97. The minimum Gasteiger partial charge on any atom is -0.478 e. The second kappa shape index (κ2) is 3.05. The Hall–Kier alpha value is -1.91. The molecule has 15 heavy (non-hydrogen) atoms. The molecule has 3 nitrogen and oxygen atoms in total. The number of nitrogens with zero attached hydrogens (tertiary/aromatic N) is 1. The van der Waals surface area contributed by atoms with E-state index < -0.39 is 17.6 Å². The van der Waals surface area contributed by atoms with Gasteiger partial charge in [-0.05, 0) is 6.07 Å². The maximum Gasteiger partial charge on any atom is 0.337 e. The third-order valence-electron chi connectivity index (χ3n) is 2.24. The van der Waals surface area contributed by atoms with Crippen molar-refractivity contribution in [1.82, 2.24) is 4.57 Å². The number of hydrogen-bond donors (Lipinski definition) is 1. The van der Waals surface area contributed by atoms with Gasteiger partial charge >= 0.3 is 5.97 Å². The molecule has 0 fully saturated rings. The number of carbonyl (C=O) groups is 1. The molecule has 2 rings (SSSR count). The Morgan fingerprint density at radius 2 is 2.07 bits per heavy atom. The number of aromatic nitrogens is 1. The Balaban J connectivity index is 2.93. The van der Waals surface area contributed by atoms with E-state index in [1.165, 1.54) is 17.8 Å². The monoisotopic (exact) mass is 211 g/mol. The number of aryl methyl sites for hydroxylation is 1. The molecule has 0 saturated heterocycles. The molecule has 0 radical (unpaired) electrons. The Bertz CT molecular complexity index is 560. The molecule has 0 aliphatic carbocycles. The highest BCUT2D eigenvalue weighted by Crippen LogP contribution is 2.24. The van der Waals surface area contributed by atoms with Crippen molar-refractivity contribution in [2.75, 3.05) is 0 Å². The van der Waals surface area contributed by atoms with Crippen molar-refractivity contribution in [2.45, 2.75) is 0 Å². The van der Waals surface area contributed by atoms with Gasteiger partial charge in [0.05, 0.1) is 16.5 Å². The summed E-state index contributed by atoms with van der Waals surface area (Å²) in [6.45, 7) is 0. The van der Waals surface area contributed by atoms with Crippen LogP contribution in [0, 0.1) is 11.6 Å². The fraction of sp³-hybridized carbons (Fsp3) is 0.100. The lowest BCUT2D eigenvalue weighted by atomic mass is 10.1. The molecule has 1 aromatic carbocycles. The molecule has 2 aromatic rings. The van der Waals surface area contributed by atoms with E-state index in [1.54, 1.807) is 0 Å². The van der Waals surface area contributed by atoms with Crippen molar-refractivity contribution < 1.29 is 18.7 Å². The van der Waals surface area contributed by atoms with Gasteiger partial charge in [0.15, 0.2) is 0 Å². The molecule has 0 spiro atoms. The van der Waals surface area contributed by atoms with E-state index in [-0.39, 0.29) is 16.5 Å². The Kier molecular flexibility index (Phi) is 1.96. The molecule has 0 bridgehead atoms. The van der Waals surface area contributed by atoms with Gasteiger partial charge < -0.3 is 9.67 Å². The second-order valence-electron chi connectivity index (χ2n) is 3.24. The van der Waals surface area contributed by atoms with Crippen molar-refractivity contribution in [1.29, 1.82) is 0 Å². The van der Waals surface area contributed by atoms with Gasteiger partial charge in [-0.25, -0.2) is 13.6 Å². The molecule has 1 aromatic heterocycles. The Morgan fingerprint density at radius 3 is 2.67 bits per heavy atom. The van der Waals surface area contributed by atoms with E-state index in [9.17, 15) is 13.6 Å². The summed E-state index contributed by atoms with van der Waals surface area (Å²) < 4.78 is 27.6. The number of carboxylic acid groups (broad SMARTS) is 1. The second-order valence-corrected chi connectivity index (χ2v) is 3.24. The minimum absolute atomic E-state index is 0.0635. The summed E-state index contributed by atoms with van der Waals surface area (Å²) in [7, 11) is 1.54. The van der Waals surface area contributed by atoms with Crippen LogP contribution in [0.1, 0.15) is 10.4 Å². The van der Waals surface area contributed by atoms with Crippen LogP contribution in [0.3, 0.4) is 0 Å². The maximum atomic E-state index is 13.4. The topological polar surface area (TPSA) is 42.2 Å². The predicted octanol–water partition coefficient (Wildman–Crippen LogP) is 2.15. The summed E-state index contributed by atoms with van der Waals surface area (Å²) >= 11 is 0. The average Bonchev–Trinajstić information content (AvgIpc) is 2.44. The summed E-state index contributed by atoms with van der Waals surface area (Å²) in [6.07, 6.45) is 1.26. The van der Waals surface area contributed by atoms with Crippen LogP contribution in [-0.2, 0) is 7.05 Å². The fourth-order valence-electron chi connectivity index (χ4n) is 1.59. The van der Waals surface area contributed by atoms with E-state index in [0.29, 0.717) is 6.07 Å². The third-order valence-corrected chi connectivity index (χ3v) is 2.24. The van der Waals surface area contributed by atoms with Crippen LogP contribution in [0.4, 0.5) is 8.78 Å². The first-order valence-corrected chi connectivity index (χ1v) is 4.18. The molecular formula is C10H7F2NO2. The van der Waals surface area contributed by atoms with Gasteiger partial charge in [-0.1, -0.05) is 0 Å². The van der Waals surface area contributed by atoms with Gasteiger partial charge in [-0.3, -0.25) is 0 Å². The lowest BCUT2D eigenvalue weighted by molar-refractivity contribution is 0.0698. The zero-order valence-electron chi connectivity index (χ0n) is 7.79. The lowest BCUT2D eigenvalue weighted by Crippen LogP contribution is -1.95. The number of carboxylic acids is 1. The molecule has 1 N–H and O–H groups in total. The highest BCUT2D eigenvalue weighted by molar-refractivity contribution is 6.03. The van der Waals surface area contributed by atoms with Crippen LogP contribution in [0.15, 0.2) is 18.3 Å². The normalized spacial score (nSPS) is 10.9. The largest absolute Gasteiger partial charge is 0.478 e. The SMILES string of the molecule is Cn1cc(C(=O)O)c2c(F)cc(F)cc21. The summed E-state index contributed by atoms with van der Waals surface area (Å²) in [6, 6.07) is 1.78. The van der Waals surface area contributed by atoms with Crippen LogP contribution < -0.4 is 0 Å². The van der Waals surface area contributed by atoms with Gasteiger partial charge in [0.25, 0.3) is 0 Å². The number of fused-ring (bicyclic) bond motifs is 1. The van der Waals surface area contributed by atoms with E-state index in [4.69, 9.17) is 5.11 Å². The van der Waals surface area contributed by atoms with Crippen molar-refractivity contribution in [3.63, 3.8) is 0 Å². The highest BCUT2D eigenvalue weighted by atomic mass is 19.1. The van der Waals surface area contributed by atoms with E-state index in [1.807, 2.05) is 0 Å². The Morgan fingerprint density at radius 1 is 1.40 bits per heavy atom. The van der Waals surface area contributed by atoms with Crippen molar-refractivity contribution in [2.24, 2.45) is 7.05 Å². The number of rotatable bonds is 1.